The highest BCUT2D eigenvalue weighted by atomic mass is 14.9. The number of benzene rings is 1. The van der Waals surface area contributed by atoms with Crippen molar-refractivity contribution in [1.82, 2.24) is 5.32 Å². The predicted molar refractivity (Wildman–Crippen MR) is 78.6 cm³/mol. The van der Waals surface area contributed by atoms with E-state index in [1.54, 1.807) is 0 Å². The van der Waals surface area contributed by atoms with Crippen molar-refractivity contribution in [3.63, 3.8) is 0 Å². The van der Waals surface area contributed by atoms with Gasteiger partial charge in [-0.3, -0.25) is 0 Å². The summed E-state index contributed by atoms with van der Waals surface area (Å²) >= 11 is 0. The van der Waals surface area contributed by atoms with Gasteiger partial charge in [0.25, 0.3) is 0 Å². The van der Waals surface area contributed by atoms with Gasteiger partial charge in [0.2, 0.25) is 0 Å². The minimum Gasteiger partial charge on any atom is -0.307 e. The summed E-state index contributed by atoms with van der Waals surface area (Å²) in [5.41, 5.74) is 1.41. The summed E-state index contributed by atoms with van der Waals surface area (Å²) in [6.07, 6.45) is 5.49. The number of nitrogens with one attached hydrogen (secondary N) is 1. The molecular weight excluding hydrogens is 218 g/mol. The van der Waals surface area contributed by atoms with E-state index in [2.05, 4.69) is 56.4 Å². The number of rotatable bonds is 4. The highest BCUT2D eigenvalue weighted by Crippen LogP contribution is 2.30. The Kier molecular flexibility index (Phi) is 4.82. The Balaban J connectivity index is 1.81. The molecule has 0 bridgehead atoms. The molecule has 0 amide bonds. The zero-order valence-corrected chi connectivity index (χ0v) is 12.0. The molecule has 0 radical (unpaired) electrons. The molecule has 1 unspecified atom stereocenters. The van der Waals surface area contributed by atoms with Crippen molar-refractivity contribution in [2.75, 3.05) is 0 Å². The molecule has 18 heavy (non-hydrogen) atoms. The monoisotopic (exact) mass is 245 g/mol. The minimum atomic E-state index is 0.479. The Morgan fingerprint density at radius 2 is 1.56 bits per heavy atom. The SMILES string of the molecule is CC(NC1CCC(C(C)C)CC1)c1ccccc1. The molecule has 1 aliphatic carbocycles. The molecular formula is C17H27N. The van der Waals surface area contributed by atoms with Gasteiger partial charge in [-0.05, 0) is 50.0 Å². The second-order valence-electron chi connectivity index (χ2n) is 6.15. The third-order valence-electron chi connectivity index (χ3n) is 4.50. The molecule has 1 aliphatic rings. The lowest BCUT2D eigenvalue weighted by molar-refractivity contribution is 0.231. The standard InChI is InChI=1S/C17H27N/c1-13(2)15-9-11-17(12-10-15)18-14(3)16-7-5-4-6-8-16/h4-8,13-15,17-18H,9-12H2,1-3H3. The fourth-order valence-corrected chi connectivity index (χ4v) is 3.14. The molecule has 100 valence electrons. The van der Waals surface area contributed by atoms with Crippen LogP contribution in [0.4, 0.5) is 0 Å². The first-order valence-electron chi connectivity index (χ1n) is 7.48. The average molecular weight is 245 g/mol. The molecule has 1 nitrogen and oxygen atoms in total. The lowest BCUT2D eigenvalue weighted by Crippen LogP contribution is -2.35. The summed E-state index contributed by atoms with van der Waals surface area (Å²) in [4.78, 5) is 0. The Morgan fingerprint density at radius 3 is 2.11 bits per heavy atom. The fourth-order valence-electron chi connectivity index (χ4n) is 3.14. The summed E-state index contributed by atoms with van der Waals surface area (Å²) in [6, 6.07) is 12.0. The summed E-state index contributed by atoms with van der Waals surface area (Å²) in [6.45, 7) is 7.01. The highest BCUT2D eigenvalue weighted by molar-refractivity contribution is 5.18. The highest BCUT2D eigenvalue weighted by Gasteiger charge is 2.23. The lowest BCUT2D eigenvalue weighted by atomic mass is 9.79. The molecule has 1 aromatic rings. The van der Waals surface area contributed by atoms with Crippen molar-refractivity contribution < 1.29 is 0 Å². The van der Waals surface area contributed by atoms with Crippen molar-refractivity contribution in [2.24, 2.45) is 11.8 Å². The van der Waals surface area contributed by atoms with E-state index in [1.165, 1.54) is 31.2 Å². The van der Waals surface area contributed by atoms with E-state index in [9.17, 15) is 0 Å². The zero-order chi connectivity index (χ0) is 13.0. The van der Waals surface area contributed by atoms with Crippen LogP contribution in [0.1, 0.15) is 58.1 Å². The molecule has 0 saturated heterocycles. The van der Waals surface area contributed by atoms with Gasteiger partial charge in [-0.2, -0.15) is 0 Å². The first-order chi connectivity index (χ1) is 8.66. The molecule has 1 N–H and O–H groups in total. The van der Waals surface area contributed by atoms with Crippen LogP contribution in [0.5, 0.6) is 0 Å². The van der Waals surface area contributed by atoms with Crippen molar-refractivity contribution in [2.45, 2.75) is 58.5 Å². The smallest absolute Gasteiger partial charge is 0.0294 e. The van der Waals surface area contributed by atoms with E-state index in [0.717, 1.165) is 17.9 Å². The molecule has 0 spiro atoms. The first-order valence-corrected chi connectivity index (χ1v) is 7.48. The van der Waals surface area contributed by atoms with Crippen LogP contribution in [0.3, 0.4) is 0 Å². The Labute approximate surface area is 112 Å². The molecule has 2 rings (SSSR count). The van der Waals surface area contributed by atoms with Gasteiger partial charge in [0.15, 0.2) is 0 Å². The maximum Gasteiger partial charge on any atom is 0.0294 e. The van der Waals surface area contributed by atoms with Crippen LogP contribution in [0, 0.1) is 11.8 Å². The largest absolute Gasteiger partial charge is 0.307 e. The zero-order valence-electron chi connectivity index (χ0n) is 12.0. The second-order valence-corrected chi connectivity index (χ2v) is 6.15. The fraction of sp³-hybridized carbons (Fsp3) is 0.647. The van der Waals surface area contributed by atoms with Crippen LogP contribution in [-0.2, 0) is 0 Å². The third-order valence-corrected chi connectivity index (χ3v) is 4.50. The van der Waals surface area contributed by atoms with Crippen LogP contribution in [0.15, 0.2) is 30.3 Å². The Morgan fingerprint density at radius 1 is 0.944 bits per heavy atom. The number of hydrogen-bond acceptors (Lipinski definition) is 1. The minimum absolute atomic E-state index is 0.479. The van der Waals surface area contributed by atoms with E-state index in [0.29, 0.717) is 6.04 Å². The van der Waals surface area contributed by atoms with Gasteiger partial charge in [0.1, 0.15) is 0 Å². The summed E-state index contributed by atoms with van der Waals surface area (Å²) < 4.78 is 0. The van der Waals surface area contributed by atoms with Crippen molar-refractivity contribution in [3.05, 3.63) is 35.9 Å². The van der Waals surface area contributed by atoms with Gasteiger partial charge in [-0.15, -0.1) is 0 Å². The van der Waals surface area contributed by atoms with Crippen molar-refractivity contribution >= 4 is 0 Å². The van der Waals surface area contributed by atoms with Crippen LogP contribution in [0.2, 0.25) is 0 Å². The van der Waals surface area contributed by atoms with Crippen LogP contribution < -0.4 is 5.32 Å². The van der Waals surface area contributed by atoms with Gasteiger partial charge in [0.05, 0.1) is 0 Å². The van der Waals surface area contributed by atoms with Gasteiger partial charge >= 0.3 is 0 Å². The first kappa shape index (κ1) is 13.6. The molecule has 0 aromatic heterocycles. The Bertz CT molecular complexity index is 336. The van der Waals surface area contributed by atoms with Crippen LogP contribution in [-0.4, -0.2) is 6.04 Å². The maximum atomic E-state index is 3.79. The van der Waals surface area contributed by atoms with Crippen LogP contribution in [0.25, 0.3) is 0 Å². The predicted octanol–water partition coefficient (Wildman–Crippen LogP) is 4.55. The maximum absolute atomic E-state index is 3.79. The van der Waals surface area contributed by atoms with Gasteiger partial charge in [0, 0.05) is 12.1 Å². The molecule has 0 aliphatic heterocycles. The molecule has 1 heteroatoms. The quantitative estimate of drug-likeness (QED) is 0.820. The molecule has 1 fully saturated rings. The van der Waals surface area contributed by atoms with Gasteiger partial charge in [-0.1, -0.05) is 44.2 Å². The summed E-state index contributed by atoms with van der Waals surface area (Å²) in [5.74, 6) is 1.81. The molecule has 1 aromatic carbocycles. The van der Waals surface area contributed by atoms with Crippen LogP contribution >= 0.6 is 0 Å². The van der Waals surface area contributed by atoms with E-state index in [4.69, 9.17) is 0 Å². The van der Waals surface area contributed by atoms with E-state index < -0.39 is 0 Å². The van der Waals surface area contributed by atoms with Gasteiger partial charge in [-0.25, -0.2) is 0 Å². The van der Waals surface area contributed by atoms with Gasteiger partial charge < -0.3 is 5.32 Å². The Hall–Kier alpha value is -0.820. The van der Waals surface area contributed by atoms with Crippen molar-refractivity contribution in [1.29, 1.82) is 0 Å². The van der Waals surface area contributed by atoms with E-state index in [-0.39, 0.29) is 0 Å². The normalized spacial score (nSPS) is 26.2. The second kappa shape index (κ2) is 6.38. The number of hydrogen-bond donors (Lipinski definition) is 1. The summed E-state index contributed by atoms with van der Waals surface area (Å²) in [5, 5.41) is 3.79. The van der Waals surface area contributed by atoms with E-state index in [1.807, 2.05) is 0 Å². The average Bonchev–Trinajstić information content (AvgIpc) is 2.40. The molecule has 1 atom stereocenters. The lowest BCUT2D eigenvalue weighted by Gasteiger charge is -2.33. The molecule has 1 saturated carbocycles. The molecule has 0 heterocycles. The van der Waals surface area contributed by atoms with Crippen molar-refractivity contribution in [3.8, 4) is 0 Å². The topological polar surface area (TPSA) is 12.0 Å². The van der Waals surface area contributed by atoms with E-state index >= 15 is 0 Å². The third kappa shape index (κ3) is 3.58. The summed E-state index contributed by atoms with van der Waals surface area (Å²) in [7, 11) is 0.